The first kappa shape index (κ1) is 38.6. The number of ether oxygens (including phenoxy) is 2. The third-order valence-corrected chi connectivity index (χ3v) is 11.0. The van der Waals surface area contributed by atoms with Crippen molar-refractivity contribution in [2.24, 2.45) is 11.8 Å². The Morgan fingerprint density at radius 3 is 2.24 bits per heavy atom. The second kappa shape index (κ2) is 17.2. The van der Waals surface area contributed by atoms with Gasteiger partial charge in [0, 0.05) is 26.2 Å². The molecule has 2 aromatic rings. The molecule has 2 aromatic carbocycles. The molecule has 3 N–H and O–H groups in total. The van der Waals surface area contributed by atoms with Crippen LogP contribution in [-0.4, -0.2) is 90.7 Å². The summed E-state index contributed by atoms with van der Waals surface area (Å²) in [5.41, 5.74) is 1.07. The molecule has 2 aliphatic heterocycles. The highest BCUT2D eigenvalue weighted by Crippen LogP contribution is 2.33. The van der Waals surface area contributed by atoms with Crippen molar-refractivity contribution in [1.82, 2.24) is 19.8 Å². The molecule has 13 nitrogen and oxygen atoms in total. The van der Waals surface area contributed by atoms with Crippen molar-refractivity contribution in [3.05, 3.63) is 65.7 Å². The SMILES string of the molecule is Cc1ccc(S(=O)(=O)N2CCC[C@H]2C(=O)N[C@H](C(=O)O)C(CCCNC(=O)OCc2ccccc2)C2CCN(C(=O)OC(C)(C)C)CC2)cc1. The van der Waals surface area contributed by atoms with Crippen molar-refractivity contribution < 1.29 is 42.2 Å². The number of likely N-dealkylation sites (tertiary alicyclic amines) is 1. The number of hydrogen-bond donors (Lipinski definition) is 3. The van der Waals surface area contributed by atoms with E-state index in [0.29, 0.717) is 45.2 Å². The molecule has 0 aromatic heterocycles. The van der Waals surface area contributed by atoms with E-state index in [4.69, 9.17) is 9.47 Å². The van der Waals surface area contributed by atoms with Crippen LogP contribution in [0.5, 0.6) is 0 Å². The van der Waals surface area contributed by atoms with Crippen LogP contribution in [0.25, 0.3) is 0 Å². The van der Waals surface area contributed by atoms with E-state index < -0.39 is 57.7 Å². The molecule has 2 aliphatic rings. The largest absolute Gasteiger partial charge is 0.480 e. The van der Waals surface area contributed by atoms with Gasteiger partial charge >= 0.3 is 18.2 Å². The number of hydrogen-bond acceptors (Lipinski definition) is 8. The summed E-state index contributed by atoms with van der Waals surface area (Å²) in [6, 6.07) is 13.2. The highest BCUT2D eigenvalue weighted by atomic mass is 32.2. The summed E-state index contributed by atoms with van der Waals surface area (Å²) in [5.74, 6) is -2.65. The number of nitrogens with zero attached hydrogens (tertiary/aromatic N) is 2. The third-order valence-electron chi connectivity index (χ3n) is 9.12. The Hall–Kier alpha value is -4.17. The Kier molecular flexibility index (Phi) is 13.3. The first-order chi connectivity index (χ1) is 23.7. The van der Waals surface area contributed by atoms with Crippen LogP contribution < -0.4 is 10.6 Å². The lowest BCUT2D eigenvalue weighted by Gasteiger charge is -2.39. The van der Waals surface area contributed by atoms with Gasteiger partial charge in [0.1, 0.15) is 24.3 Å². The van der Waals surface area contributed by atoms with Gasteiger partial charge in [0.15, 0.2) is 0 Å². The summed E-state index contributed by atoms with van der Waals surface area (Å²) in [7, 11) is -4.00. The van der Waals surface area contributed by atoms with Crippen LogP contribution in [0.3, 0.4) is 0 Å². The molecule has 0 bridgehead atoms. The number of aliphatic carboxylic acids is 1. The van der Waals surface area contributed by atoms with Gasteiger partial charge < -0.3 is 30.1 Å². The van der Waals surface area contributed by atoms with Crippen LogP contribution >= 0.6 is 0 Å². The number of carbonyl (C=O) groups excluding carboxylic acids is 3. The fourth-order valence-corrected chi connectivity index (χ4v) is 8.21. The maximum atomic E-state index is 13.7. The summed E-state index contributed by atoms with van der Waals surface area (Å²) in [5, 5.41) is 15.9. The normalized spacial score (nSPS) is 18.6. The monoisotopic (exact) mass is 714 g/mol. The number of carboxylic acids is 1. The molecule has 0 saturated carbocycles. The quantitative estimate of drug-likeness (QED) is 0.249. The molecule has 4 rings (SSSR count). The van der Waals surface area contributed by atoms with Crippen LogP contribution in [0, 0.1) is 18.8 Å². The number of aryl methyl sites for hydroxylation is 1. The summed E-state index contributed by atoms with van der Waals surface area (Å²) in [6.45, 7) is 8.38. The summed E-state index contributed by atoms with van der Waals surface area (Å²) >= 11 is 0. The molecule has 0 radical (unpaired) electrons. The lowest BCUT2D eigenvalue weighted by atomic mass is 9.77. The predicted octanol–water partition coefficient (Wildman–Crippen LogP) is 4.69. The van der Waals surface area contributed by atoms with Crippen molar-refractivity contribution in [2.75, 3.05) is 26.2 Å². The fraction of sp³-hybridized carbons (Fsp3) is 0.556. The predicted molar refractivity (Wildman–Crippen MR) is 186 cm³/mol. The molecule has 50 heavy (non-hydrogen) atoms. The molecule has 3 amide bonds. The second-order valence-corrected chi connectivity index (χ2v) is 15.9. The first-order valence-corrected chi connectivity index (χ1v) is 18.6. The van der Waals surface area contributed by atoms with E-state index in [1.807, 2.05) is 37.3 Å². The van der Waals surface area contributed by atoms with Crippen molar-refractivity contribution in [3.63, 3.8) is 0 Å². The van der Waals surface area contributed by atoms with E-state index >= 15 is 0 Å². The Morgan fingerprint density at radius 1 is 0.960 bits per heavy atom. The molecule has 2 saturated heterocycles. The first-order valence-electron chi connectivity index (χ1n) is 17.2. The highest BCUT2D eigenvalue weighted by Gasteiger charge is 2.43. The molecule has 1 unspecified atom stereocenters. The van der Waals surface area contributed by atoms with Crippen LogP contribution in [0.2, 0.25) is 0 Å². The van der Waals surface area contributed by atoms with Crippen molar-refractivity contribution in [3.8, 4) is 0 Å². The number of benzene rings is 2. The lowest BCUT2D eigenvalue weighted by Crippen LogP contribution is -2.55. The van der Waals surface area contributed by atoms with Gasteiger partial charge in [-0.15, -0.1) is 0 Å². The van der Waals surface area contributed by atoms with E-state index in [0.717, 1.165) is 15.4 Å². The highest BCUT2D eigenvalue weighted by molar-refractivity contribution is 7.89. The molecule has 2 heterocycles. The maximum Gasteiger partial charge on any atom is 0.410 e. The zero-order valence-electron chi connectivity index (χ0n) is 29.3. The van der Waals surface area contributed by atoms with Crippen LogP contribution in [0.1, 0.15) is 70.4 Å². The van der Waals surface area contributed by atoms with Gasteiger partial charge in [0.25, 0.3) is 0 Å². The molecule has 0 spiro atoms. The number of rotatable bonds is 13. The van der Waals surface area contributed by atoms with Crippen molar-refractivity contribution >= 4 is 34.1 Å². The standard InChI is InChI=1S/C36H50N4O9S/c1-25-14-16-28(17-15-25)50(46,47)40-21-9-13-30(40)32(41)38-31(33(42)43)29(27-18-22-39(23-19-27)35(45)49-36(2,3)4)12-8-20-37-34(44)48-24-26-10-6-5-7-11-26/h5-7,10-11,14-17,27,29-31H,8-9,12-13,18-24H2,1-4H3,(H,37,44)(H,38,41)(H,42,43)/t29?,30-,31-/m0/s1. The van der Waals surface area contributed by atoms with E-state index in [1.165, 1.54) is 12.1 Å². The van der Waals surface area contributed by atoms with E-state index in [1.54, 1.807) is 37.8 Å². The van der Waals surface area contributed by atoms with Crippen LogP contribution in [-0.2, 0) is 35.7 Å². The minimum atomic E-state index is -4.00. The average Bonchev–Trinajstić information content (AvgIpc) is 3.58. The molecular weight excluding hydrogens is 664 g/mol. The molecule has 274 valence electrons. The van der Waals surface area contributed by atoms with Gasteiger partial charge in [-0.3, -0.25) is 4.79 Å². The number of sulfonamides is 1. The summed E-state index contributed by atoms with van der Waals surface area (Å²) in [4.78, 5) is 53.3. The Morgan fingerprint density at radius 2 is 1.62 bits per heavy atom. The molecule has 3 atom stereocenters. The number of amides is 3. The van der Waals surface area contributed by atoms with E-state index in [9.17, 15) is 32.7 Å². The molecule has 2 fully saturated rings. The van der Waals surface area contributed by atoms with Gasteiger partial charge in [-0.1, -0.05) is 48.0 Å². The van der Waals surface area contributed by atoms with E-state index in [2.05, 4.69) is 10.6 Å². The minimum absolute atomic E-state index is 0.0713. The van der Waals surface area contributed by atoms with E-state index in [-0.39, 0.29) is 36.9 Å². The minimum Gasteiger partial charge on any atom is -0.480 e. The van der Waals surface area contributed by atoms with Crippen LogP contribution in [0.4, 0.5) is 9.59 Å². The van der Waals surface area contributed by atoms with Gasteiger partial charge in [-0.25, -0.2) is 22.8 Å². The number of nitrogens with one attached hydrogen (secondary N) is 2. The zero-order valence-corrected chi connectivity index (χ0v) is 30.1. The molecule has 14 heteroatoms. The third kappa shape index (κ3) is 10.7. The Balaban J connectivity index is 1.45. The maximum absolute atomic E-state index is 13.7. The number of carbonyl (C=O) groups is 4. The van der Waals surface area contributed by atoms with Gasteiger partial charge in [0.2, 0.25) is 15.9 Å². The van der Waals surface area contributed by atoms with Crippen LogP contribution in [0.15, 0.2) is 59.5 Å². The van der Waals surface area contributed by atoms with Gasteiger partial charge in [0.05, 0.1) is 4.90 Å². The van der Waals surface area contributed by atoms with Gasteiger partial charge in [-0.05, 0) is 95.8 Å². The smallest absolute Gasteiger partial charge is 0.410 e. The summed E-state index contributed by atoms with van der Waals surface area (Å²) in [6.07, 6.45) is 1.37. The zero-order chi connectivity index (χ0) is 36.5. The average molecular weight is 715 g/mol. The van der Waals surface area contributed by atoms with Crippen molar-refractivity contribution in [1.29, 1.82) is 0 Å². The number of piperidine rings is 1. The lowest BCUT2D eigenvalue weighted by molar-refractivity contribution is -0.145. The topological polar surface area (TPSA) is 172 Å². The Bertz CT molecular complexity index is 1570. The fourth-order valence-electron chi connectivity index (χ4n) is 6.55. The second-order valence-electron chi connectivity index (χ2n) is 14.0. The molecular formula is C36H50N4O9S. The summed E-state index contributed by atoms with van der Waals surface area (Å²) < 4.78 is 39.0. The van der Waals surface area contributed by atoms with Crippen molar-refractivity contribution in [2.45, 2.75) is 95.4 Å². The Labute approximate surface area is 294 Å². The van der Waals surface area contributed by atoms with Gasteiger partial charge in [-0.2, -0.15) is 4.31 Å². The number of carboxylic acid groups (broad SMARTS) is 1. The molecule has 0 aliphatic carbocycles. The number of alkyl carbamates (subject to hydrolysis) is 1.